The van der Waals surface area contributed by atoms with Crippen molar-refractivity contribution in [1.29, 1.82) is 0 Å². The first-order valence-corrected chi connectivity index (χ1v) is 6.03. The van der Waals surface area contributed by atoms with Gasteiger partial charge in [-0.25, -0.2) is 4.98 Å². The fourth-order valence-electron chi connectivity index (χ4n) is 1.06. The lowest BCUT2D eigenvalue weighted by Gasteiger charge is -1.99. The Labute approximate surface area is 85.7 Å². The van der Waals surface area contributed by atoms with Gasteiger partial charge in [0, 0.05) is 23.4 Å². The van der Waals surface area contributed by atoms with Crippen molar-refractivity contribution in [2.45, 2.75) is 19.5 Å². The van der Waals surface area contributed by atoms with E-state index in [1.165, 1.54) is 0 Å². The van der Waals surface area contributed by atoms with Crippen LogP contribution in [-0.2, 0) is 6.54 Å². The fraction of sp³-hybridized carbons (Fsp3) is 0.500. The zero-order chi connectivity index (χ0) is 9.10. The van der Waals surface area contributed by atoms with Crippen LogP contribution >= 0.6 is 23.1 Å². The van der Waals surface area contributed by atoms with E-state index in [0.717, 1.165) is 15.9 Å². The van der Waals surface area contributed by atoms with Crippen LogP contribution in [0.25, 0.3) is 0 Å². The van der Waals surface area contributed by atoms with Gasteiger partial charge in [0.25, 0.3) is 0 Å². The zero-order valence-corrected chi connectivity index (χ0v) is 8.99. The Morgan fingerprint density at radius 1 is 1.77 bits per heavy atom. The lowest BCUT2D eigenvalue weighted by molar-refractivity contribution is 0.764. The van der Waals surface area contributed by atoms with Gasteiger partial charge in [0.15, 0.2) is 5.17 Å². The summed E-state index contributed by atoms with van der Waals surface area (Å²) in [5.74, 6) is 1.12. The summed E-state index contributed by atoms with van der Waals surface area (Å²) in [6.07, 6.45) is 1.82. The summed E-state index contributed by atoms with van der Waals surface area (Å²) < 4.78 is 0. The molecule has 1 aromatic rings. The van der Waals surface area contributed by atoms with Crippen molar-refractivity contribution in [2.24, 2.45) is 4.99 Å². The molecule has 0 aromatic carbocycles. The second-order valence-electron chi connectivity index (χ2n) is 2.90. The van der Waals surface area contributed by atoms with Crippen LogP contribution in [0.1, 0.15) is 11.9 Å². The molecule has 1 aliphatic heterocycles. The highest BCUT2D eigenvalue weighted by molar-refractivity contribution is 8.14. The number of amidine groups is 1. The van der Waals surface area contributed by atoms with Gasteiger partial charge in [-0.1, -0.05) is 11.8 Å². The molecule has 2 rings (SSSR count). The van der Waals surface area contributed by atoms with Gasteiger partial charge in [-0.2, -0.15) is 0 Å². The Morgan fingerprint density at radius 3 is 3.31 bits per heavy atom. The lowest BCUT2D eigenvalue weighted by atomic mass is 10.4. The first-order chi connectivity index (χ1) is 6.34. The minimum atomic E-state index is 0.556. The molecule has 0 spiro atoms. The molecule has 1 N–H and O–H groups in total. The van der Waals surface area contributed by atoms with Crippen LogP contribution in [0.2, 0.25) is 0 Å². The molecular formula is C8H11N3S2. The molecule has 1 atom stereocenters. The minimum absolute atomic E-state index is 0.556. The Kier molecular flexibility index (Phi) is 2.85. The molecule has 0 amide bonds. The maximum atomic E-state index is 4.43. The normalized spacial score (nSPS) is 25.0. The van der Waals surface area contributed by atoms with E-state index < -0.39 is 0 Å². The summed E-state index contributed by atoms with van der Waals surface area (Å²) in [4.78, 5) is 8.60. The van der Waals surface area contributed by atoms with Gasteiger partial charge < -0.3 is 5.32 Å². The summed E-state index contributed by atoms with van der Waals surface area (Å²) in [6, 6.07) is 0.556. The van der Waals surface area contributed by atoms with Gasteiger partial charge in [0.1, 0.15) is 5.01 Å². The van der Waals surface area contributed by atoms with Crippen LogP contribution < -0.4 is 5.32 Å². The van der Waals surface area contributed by atoms with Crippen molar-refractivity contribution >= 4 is 28.3 Å². The molecule has 5 heteroatoms. The molecule has 0 radical (unpaired) electrons. The van der Waals surface area contributed by atoms with Crippen molar-refractivity contribution in [3.63, 3.8) is 0 Å². The van der Waals surface area contributed by atoms with Gasteiger partial charge >= 0.3 is 0 Å². The van der Waals surface area contributed by atoms with Gasteiger partial charge in [0.05, 0.1) is 6.54 Å². The molecule has 1 aromatic heterocycles. The van der Waals surface area contributed by atoms with Crippen molar-refractivity contribution in [1.82, 2.24) is 10.3 Å². The molecule has 70 valence electrons. The summed E-state index contributed by atoms with van der Waals surface area (Å²) in [5.41, 5.74) is 0. The number of hydrogen-bond donors (Lipinski definition) is 1. The molecule has 0 aliphatic carbocycles. The molecular weight excluding hydrogens is 202 g/mol. The van der Waals surface area contributed by atoms with Crippen LogP contribution in [0.15, 0.2) is 16.6 Å². The summed E-state index contributed by atoms with van der Waals surface area (Å²) in [7, 11) is 0. The predicted molar refractivity (Wildman–Crippen MR) is 58.3 cm³/mol. The first kappa shape index (κ1) is 9.02. The molecule has 2 heterocycles. The smallest absolute Gasteiger partial charge is 0.157 e. The van der Waals surface area contributed by atoms with Gasteiger partial charge in [-0.15, -0.1) is 11.3 Å². The van der Waals surface area contributed by atoms with E-state index in [9.17, 15) is 0 Å². The number of thiazole rings is 1. The molecule has 1 unspecified atom stereocenters. The van der Waals surface area contributed by atoms with E-state index in [0.29, 0.717) is 12.6 Å². The Bertz CT molecular complexity index is 294. The second kappa shape index (κ2) is 4.11. The average Bonchev–Trinajstić information content (AvgIpc) is 2.71. The second-order valence-corrected chi connectivity index (χ2v) is 4.89. The van der Waals surface area contributed by atoms with E-state index in [2.05, 4.69) is 22.2 Å². The molecule has 1 fully saturated rings. The monoisotopic (exact) mass is 213 g/mol. The Balaban J connectivity index is 1.91. The maximum Gasteiger partial charge on any atom is 0.157 e. The van der Waals surface area contributed by atoms with Crippen LogP contribution in [0.4, 0.5) is 0 Å². The third kappa shape index (κ3) is 2.45. The zero-order valence-electron chi connectivity index (χ0n) is 7.36. The number of rotatable bonds is 2. The average molecular weight is 213 g/mol. The summed E-state index contributed by atoms with van der Waals surface area (Å²) >= 11 is 3.44. The number of aliphatic imine (C=N–C) groups is 1. The minimum Gasteiger partial charge on any atom is -0.362 e. The van der Waals surface area contributed by atoms with E-state index >= 15 is 0 Å². The highest BCUT2D eigenvalue weighted by Gasteiger charge is 2.14. The van der Waals surface area contributed by atoms with Crippen LogP contribution in [0.5, 0.6) is 0 Å². The molecule has 0 bridgehead atoms. The van der Waals surface area contributed by atoms with Crippen LogP contribution in [-0.4, -0.2) is 21.9 Å². The molecule has 0 saturated carbocycles. The third-order valence-electron chi connectivity index (χ3n) is 1.68. The van der Waals surface area contributed by atoms with Gasteiger partial charge in [-0.05, 0) is 6.92 Å². The SMILES string of the molecule is CC1CSC(=NCc2nccs2)N1. The highest BCUT2D eigenvalue weighted by Crippen LogP contribution is 2.14. The number of nitrogens with zero attached hydrogens (tertiary/aromatic N) is 2. The molecule has 1 saturated heterocycles. The summed E-state index contributed by atoms with van der Waals surface area (Å²) in [6.45, 7) is 2.87. The third-order valence-corrected chi connectivity index (χ3v) is 3.63. The Hall–Kier alpha value is -0.550. The van der Waals surface area contributed by atoms with Gasteiger partial charge in [-0.3, -0.25) is 4.99 Å². The highest BCUT2D eigenvalue weighted by atomic mass is 32.2. The van der Waals surface area contributed by atoms with Crippen LogP contribution in [0, 0.1) is 0 Å². The van der Waals surface area contributed by atoms with E-state index in [4.69, 9.17) is 0 Å². The van der Waals surface area contributed by atoms with Crippen molar-refractivity contribution in [2.75, 3.05) is 5.75 Å². The fourth-order valence-corrected chi connectivity index (χ4v) is 2.53. The van der Waals surface area contributed by atoms with Crippen molar-refractivity contribution in [3.05, 3.63) is 16.6 Å². The van der Waals surface area contributed by atoms with E-state index in [-0.39, 0.29) is 0 Å². The number of thioether (sulfide) groups is 1. The maximum absolute atomic E-state index is 4.43. The molecule has 13 heavy (non-hydrogen) atoms. The molecule has 3 nitrogen and oxygen atoms in total. The standard InChI is InChI=1S/C8H11N3S2/c1-6-5-13-8(11-6)10-4-7-9-2-3-12-7/h2-3,6H,4-5H2,1H3,(H,10,11). The molecule has 1 aliphatic rings. The summed E-state index contributed by atoms with van der Waals surface area (Å²) in [5, 5.41) is 7.42. The number of aromatic nitrogens is 1. The number of hydrogen-bond acceptors (Lipinski definition) is 4. The van der Waals surface area contributed by atoms with Crippen molar-refractivity contribution < 1.29 is 0 Å². The van der Waals surface area contributed by atoms with Crippen molar-refractivity contribution in [3.8, 4) is 0 Å². The van der Waals surface area contributed by atoms with E-state index in [1.807, 2.05) is 11.6 Å². The number of nitrogens with one attached hydrogen (secondary N) is 1. The predicted octanol–water partition coefficient (Wildman–Crippen LogP) is 1.72. The Morgan fingerprint density at radius 2 is 2.69 bits per heavy atom. The van der Waals surface area contributed by atoms with Gasteiger partial charge in [0.2, 0.25) is 0 Å². The lowest BCUT2D eigenvalue weighted by Crippen LogP contribution is -2.23. The van der Waals surface area contributed by atoms with E-state index in [1.54, 1.807) is 23.1 Å². The quantitative estimate of drug-likeness (QED) is 0.813. The first-order valence-electron chi connectivity index (χ1n) is 4.17. The topological polar surface area (TPSA) is 37.3 Å². The largest absolute Gasteiger partial charge is 0.362 e. The van der Waals surface area contributed by atoms with Crippen LogP contribution in [0.3, 0.4) is 0 Å².